The van der Waals surface area contributed by atoms with Crippen LogP contribution >= 0.6 is 11.6 Å². The third kappa shape index (κ3) is 3.69. The van der Waals surface area contributed by atoms with E-state index in [1.165, 1.54) is 0 Å². The molecular formula is C22H21ClN4O3. The molecule has 1 aromatic heterocycles. The molecule has 1 aliphatic rings. The largest absolute Gasteiger partial charge is 0.391 e. The second-order valence-electron chi connectivity index (χ2n) is 7.31. The Labute approximate surface area is 179 Å². The number of rotatable bonds is 4. The fraction of sp³-hybridized carbons (Fsp3) is 0.227. The van der Waals surface area contributed by atoms with Gasteiger partial charge in [0.15, 0.2) is 5.76 Å². The fourth-order valence-electron chi connectivity index (χ4n) is 3.43. The third-order valence-electron chi connectivity index (χ3n) is 5.01. The number of anilines is 2. The molecule has 7 nitrogen and oxygen atoms in total. The topological polar surface area (TPSA) is 91.0 Å². The highest BCUT2D eigenvalue weighted by molar-refractivity contribution is 6.34. The van der Waals surface area contributed by atoms with E-state index in [1.807, 2.05) is 49.3 Å². The van der Waals surface area contributed by atoms with Gasteiger partial charge in [-0.2, -0.15) is 0 Å². The highest BCUT2D eigenvalue weighted by Crippen LogP contribution is 2.38. The second-order valence-corrected chi connectivity index (χ2v) is 7.72. The van der Waals surface area contributed by atoms with Crippen LogP contribution in [0, 0.1) is 6.92 Å². The number of nitrogens with one attached hydrogen (secondary N) is 1. The van der Waals surface area contributed by atoms with Gasteiger partial charge in [0, 0.05) is 25.2 Å². The number of carbonyl (C=O) groups excluding carboxylic acids is 1. The number of amides is 1. The van der Waals surface area contributed by atoms with E-state index in [1.54, 1.807) is 13.0 Å². The maximum atomic E-state index is 12.5. The molecule has 0 bridgehead atoms. The summed E-state index contributed by atoms with van der Waals surface area (Å²) in [6, 6.07) is 11.1. The van der Waals surface area contributed by atoms with Crippen molar-refractivity contribution >= 4 is 40.3 Å². The molecular weight excluding hydrogens is 404 g/mol. The van der Waals surface area contributed by atoms with Crippen LogP contribution in [0.15, 0.2) is 45.9 Å². The van der Waals surface area contributed by atoms with Crippen LogP contribution in [0.2, 0.25) is 5.02 Å². The van der Waals surface area contributed by atoms with Crippen LogP contribution < -0.4 is 10.2 Å². The third-order valence-corrected chi connectivity index (χ3v) is 5.31. The number of aliphatic imine (C=N–C) groups is 1. The zero-order valence-corrected chi connectivity index (χ0v) is 17.6. The van der Waals surface area contributed by atoms with Gasteiger partial charge in [-0.15, -0.1) is 0 Å². The zero-order chi connectivity index (χ0) is 21.4. The van der Waals surface area contributed by atoms with Crippen molar-refractivity contribution in [2.75, 3.05) is 24.3 Å². The summed E-state index contributed by atoms with van der Waals surface area (Å²) in [5.74, 6) is 0.343. The van der Waals surface area contributed by atoms with Crippen LogP contribution in [0.5, 0.6) is 0 Å². The number of aromatic nitrogens is 1. The summed E-state index contributed by atoms with van der Waals surface area (Å²) in [6.07, 6.45) is 0.120. The molecule has 0 saturated carbocycles. The number of aliphatic hydroxyl groups excluding tert-OH is 1. The van der Waals surface area contributed by atoms with Crippen LogP contribution in [-0.4, -0.2) is 36.0 Å². The van der Waals surface area contributed by atoms with Crippen molar-refractivity contribution in [1.29, 1.82) is 0 Å². The number of carbonyl (C=O) groups is 1. The average molecular weight is 425 g/mol. The number of aliphatic hydroxyl groups is 1. The van der Waals surface area contributed by atoms with Gasteiger partial charge in [-0.05, 0) is 30.7 Å². The van der Waals surface area contributed by atoms with E-state index in [2.05, 4.69) is 10.5 Å². The monoisotopic (exact) mass is 424 g/mol. The SMILES string of the molecule is Cc1noc(-c2cccc(C3=Nc4cc(N(C)C)c(Cl)cc4NC(=O)C3)c2)c1CO. The molecule has 0 radical (unpaired) electrons. The number of nitrogens with zero attached hydrogens (tertiary/aromatic N) is 3. The summed E-state index contributed by atoms with van der Waals surface area (Å²) in [5, 5.41) is 17.0. The first kappa shape index (κ1) is 20.1. The van der Waals surface area contributed by atoms with Gasteiger partial charge < -0.3 is 19.8 Å². The summed E-state index contributed by atoms with van der Waals surface area (Å²) >= 11 is 6.35. The van der Waals surface area contributed by atoms with Crippen molar-refractivity contribution in [3.63, 3.8) is 0 Å². The summed E-state index contributed by atoms with van der Waals surface area (Å²) in [4.78, 5) is 19.2. The molecule has 2 aromatic carbocycles. The number of aryl methyl sites for hydroxylation is 1. The highest BCUT2D eigenvalue weighted by Gasteiger charge is 2.21. The second kappa shape index (κ2) is 7.93. The van der Waals surface area contributed by atoms with Crippen molar-refractivity contribution in [2.24, 2.45) is 4.99 Å². The zero-order valence-electron chi connectivity index (χ0n) is 16.9. The smallest absolute Gasteiger partial charge is 0.230 e. The highest BCUT2D eigenvalue weighted by atomic mass is 35.5. The molecule has 154 valence electrons. The first-order chi connectivity index (χ1) is 14.4. The van der Waals surface area contributed by atoms with Gasteiger partial charge in [0.25, 0.3) is 0 Å². The fourth-order valence-corrected chi connectivity index (χ4v) is 3.76. The van der Waals surface area contributed by atoms with E-state index in [9.17, 15) is 9.90 Å². The maximum absolute atomic E-state index is 12.5. The van der Waals surface area contributed by atoms with Crippen molar-refractivity contribution in [2.45, 2.75) is 20.0 Å². The van der Waals surface area contributed by atoms with Gasteiger partial charge in [-0.25, -0.2) is 0 Å². The molecule has 1 aliphatic heterocycles. The number of benzene rings is 2. The minimum Gasteiger partial charge on any atom is -0.391 e. The lowest BCUT2D eigenvalue weighted by molar-refractivity contribution is -0.115. The molecule has 0 fully saturated rings. The van der Waals surface area contributed by atoms with E-state index in [-0.39, 0.29) is 18.9 Å². The minimum absolute atomic E-state index is 0.120. The van der Waals surface area contributed by atoms with Crippen LogP contribution in [-0.2, 0) is 11.4 Å². The van der Waals surface area contributed by atoms with Crippen LogP contribution in [0.25, 0.3) is 11.3 Å². The molecule has 0 atom stereocenters. The first-order valence-corrected chi connectivity index (χ1v) is 9.80. The Kier molecular flexibility index (Phi) is 5.32. The van der Waals surface area contributed by atoms with Crippen LogP contribution in [0.3, 0.4) is 0 Å². The number of hydrogen-bond donors (Lipinski definition) is 2. The lowest BCUT2D eigenvalue weighted by atomic mass is 10.0. The van der Waals surface area contributed by atoms with E-state index in [0.29, 0.717) is 39.1 Å². The Balaban J connectivity index is 1.81. The van der Waals surface area contributed by atoms with Gasteiger partial charge in [0.1, 0.15) is 0 Å². The summed E-state index contributed by atoms with van der Waals surface area (Å²) in [6.45, 7) is 1.62. The molecule has 0 saturated heterocycles. The molecule has 3 aromatic rings. The predicted molar refractivity (Wildman–Crippen MR) is 118 cm³/mol. The minimum atomic E-state index is -0.168. The number of fused-ring (bicyclic) bond motifs is 1. The van der Waals surface area contributed by atoms with Crippen LogP contribution in [0.1, 0.15) is 23.2 Å². The molecule has 0 aliphatic carbocycles. The Hall–Kier alpha value is -3.16. The maximum Gasteiger partial charge on any atom is 0.230 e. The molecule has 30 heavy (non-hydrogen) atoms. The summed E-state index contributed by atoms with van der Waals surface area (Å²) in [7, 11) is 3.80. The Morgan fingerprint density at radius 1 is 1.23 bits per heavy atom. The Morgan fingerprint density at radius 3 is 2.73 bits per heavy atom. The van der Waals surface area contributed by atoms with Gasteiger partial charge >= 0.3 is 0 Å². The van der Waals surface area contributed by atoms with Crippen molar-refractivity contribution in [3.8, 4) is 11.3 Å². The number of hydrogen-bond acceptors (Lipinski definition) is 6. The molecule has 0 spiro atoms. The van der Waals surface area contributed by atoms with Gasteiger partial charge in [-0.1, -0.05) is 35.0 Å². The molecule has 0 unspecified atom stereocenters. The molecule has 2 N–H and O–H groups in total. The lowest BCUT2D eigenvalue weighted by Crippen LogP contribution is -2.15. The van der Waals surface area contributed by atoms with E-state index in [0.717, 1.165) is 16.8 Å². The normalized spacial score (nSPS) is 13.4. The summed E-state index contributed by atoms with van der Waals surface area (Å²) in [5.41, 5.74) is 5.49. The molecule has 4 rings (SSSR count). The Bertz CT molecular complexity index is 1170. The van der Waals surface area contributed by atoms with Gasteiger partial charge in [0.05, 0.1) is 46.5 Å². The van der Waals surface area contributed by atoms with Gasteiger partial charge in [-0.3, -0.25) is 9.79 Å². The van der Waals surface area contributed by atoms with Crippen molar-refractivity contribution in [3.05, 3.63) is 58.2 Å². The van der Waals surface area contributed by atoms with E-state index < -0.39 is 0 Å². The standard InChI is InChI=1S/C22H21ClN4O3/c1-12-15(11-28)22(30-26-12)14-6-4-5-13(7-14)17-10-21(29)25-18-8-16(23)20(27(2)3)9-19(18)24-17/h4-9,28H,10-11H2,1-3H3,(H,25,29). The lowest BCUT2D eigenvalue weighted by Gasteiger charge is -2.16. The van der Waals surface area contributed by atoms with Gasteiger partial charge in [0.2, 0.25) is 5.91 Å². The molecule has 8 heteroatoms. The van der Waals surface area contributed by atoms with Crippen molar-refractivity contribution < 1.29 is 14.4 Å². The van der Waals surface area contributed by atoms with Crippen molar-refractivity contribution in [1.82, 2.24) is 5.16 Å². The number of halogens is 1. The summed E-state index contributed by atoms with van der Waals surface area (Å²) < 4.78 is 5.42. The quantitative estimate of drug-likeness (QED) is 0.650. The first-order valence-electron chi connectivity index (χ1n) is 9.42. The molecule has 2 heterocycles. The average Bonchev–Trinajstić information content (AvgIpc) is 3.00. The van der Waals surface area contributed by atoms with E-state index in [4.69, 9.17) is 21.1 Å². The predicted octanol–water partition coefficient (Wildman–Crippen LogP) is 4.32. The molecule has 1 amide bonds. The van der Waals surface area contributed by atoms with E-state index >= 15 is 0 Å². The Morgan fingerprint density at radius 2 is 2.00 bits per heavy atom. The van der Waals surface area contributed by atoms with Crippen LogP contribution in [0.4, 0.5) is 17.1 Å².